The molecule has 196 valence electrons. The van der Waals surface area contributed by atoms with E-state index < -0.39 is 6.10 Å². The summed E-state index contributed by atoms with van der Waals surface area (Å²) in [5.74, 6) is 0.812. The maximum atomic E-state index is 13.2. The minimum absolute atomic E-state index is 0.0135. The fourth-order valence-corrected chi connectivity index (χ4v) is 6.42. The van der Waals surface area contributed by atoms with Crippen LogP contribution in [-0.2, 0) is 22.5 Å². The summed E-state index contributed by atoms with van der Waals surface area (Å²) in [7, 11) is 0. The Labute approximate surface area is 217 Å². The number of nitrogens with zero attached hydrogens (tertiary/aromatic N) is 1. The Hall–Kier alpha value is -3.10. The van der Waals surface area contributed by atoms with Crippen molar-refractivity contribution in [3.8, 4) is 5.75 Å². The van der Waals surface area contributed by atoms with Gasteiger partial charge in [0, 0.05) is 36.3 Å². The molecule has 2 aromatic rings. The summed E-state index contributed by atoms with van der Waals surface area (Å²) in [5.41, 5.74) is 4.22. The summed E-state index contributed by atoms with van der Waals surface area (Å²) in [6, 6.07) is 14.0. The zero-order chi connectivity index (χ0) is 25.4. The fraction of sp³-hybridized carbons (Fsp3) is 0.517. The SMILES string of the molecule is O=C(Nc1ccc2c(c1)[C@H]1C[C@H](CC(=O)N3CCc4ccccc4C3)O[C@H](CO)[C@H]1O2)NC1CCCC1. The van der Waals surface area contributed by atoms with Gasteiger partial charge >= 0.3 is 6.03 Å². The average Bonchev–Trinajstić information content (AvgIpc) is 3.55. The summed E-state index contributed by atoms with van der Waals surface area (Å²) in [5, 5.41) is 16.1. The molecule has 37 heavy (non-hydrogen) atoms. The van der Waals surface area contributed by atoms with E-state index in [9.17, 15) is 14.7 Å². The lowest BCUT2D eigenvalue weighted by atomic mass is 9.84. The Balaban J connectivity index is 1.13. The van der Waals surface area contributed by atoms with E-state index in [1.807, 2.05) is 35.2 Å². The molecule has 4 atom stereocenters. The van der Waals surface area contributed by atoms with Gasteiger partial charge in [-0.25, -0.2) is 4.79 Å². The number of amides is 3. The maximum Gasteiger partial charge on any atom is 0.319 e. The predicted molar refractivity (Wildman–Crippen MR) is 139 cm³/mol. The summed E-state index contributed by atoms with van der Waals surface area (Å²) in [4.78, 5) is 27.6. The highest BCUT2D eigenvalue weighted by molar-refractivity contribution is 5.89. The molecule has 8 heteroatoms. The normalized spacial score (nSPS) is 26.6. The summed E-state index contributed by atoms with van der Waals surface area (Å²) in [6.45, 7) is 1.16. The molecule has 4 aliphatic rings. The van der Waals surface area contributed by atoms with Gasteiger partial charge in [-0.3, -0.25) is 4.79 Å². The van der Waals surface area contributed by atoms with Gasteiger partial charge in [0.2, 0.25) is 5.91 Å². The number of carbonyl (C=O) groups is 2. The second kappa shape index (κ2) is 10.3. The monoisotopic (exact) mass is 505 g/mol. The van der Waals surface area contributed by atoms with Crippen LogP contribution in [0.3, 0.4) is 0 Å². The van der Waals surface area contributed by atoms with E-state index >= 15 is 0 Å². The number of hydrogen-bond acceptors (Lipinski definition) is 5. The minimum Gasteiger partial charge on any atom is -0.487 e. The van der Waals surface area contributed by atoms with Crippen LogP contribution in [-0.4, -0.2) is 59.5 Å². The minimum atomic E-state index is -0.506. The van der Waals surface area contributed by atoms with Gasteiger partial charge in [-0.2, -0.15) is 0 Å². The molecule has 0 unspecified atom stereocenters. The van der Waals surface area contributed by atoms with Crippen molar-refractivity contribution in [3.05, 3.63) is 59.2 Å². The summed E-state index contributed by atoms with van der Waals surface area (Å²) in [6.07, 6.45) is 5.02. The number of benzene rings is 2. The van der Waals surface area contributed by atoms with Gasteiger partial charge < -0.3 is 30.1 Å². The van der Waals surface area contributed by atoms with E-state index in [0.717, 1.165) is 43.4 Å². The Kier molecular flexibility index (Phi) is 6.78. The first kappa shape index (κ1) is 24.2. The molecule has 2 fully saturated rings. The quantitative estimate of drug-likeness (QED) is 0.575. The first-order valence-corrected chi connectivity index (χ1v) is 13.6. The van der Waals surface area contributed by atoms with Crippen LogP contribution in [0, 0.1) is 0 Å². The van der Waals surface area contributed by atoms with Crippen molar-refractivity contribution in [3.63, 3.8) is 0 Å². The number of nitrogens with one attached hydrogen (secondary N) is 2. The lowest BCUT2D eigenvalue weighted by Gasteiger charge is -2.38. The van der Waals surface area contributed by atoms with Crippen molar-refractivity contribution in [1.82, 2.24) is 10.2 Å². The van der Waals surface area contributed by atoms with Crippen molar-refractivity contribution in [2.45, 2.75) is 81.8 Å². The topological polar surface area (TPSA) is 100 Å². The van der Waals surface area contributed by atoms with E-state index in [4.69, 9.17) is 9.47 Å². The molecule has 1 aliphatic carbocycles. The molecule has 0 radical (unpaired) electrons. The predicted octanol–water partition coefficient (Wildman–Crippen LogP) is 3.72. The van der Waals surface area contributed by atoms with Gasteiger partial charge in [0.25, 0.3) is 0 Å². The maximum absolute atomic E-state index is 13.2. The Bertz CT molecular complexity index is 1160. The molecule has 3 aliphatic heterocycles. The third kappa shape index (κ3) is 5.05. The zero-order valence-corrected chi connectivity index (χ0v) is 21.0. The smallest absolute Gasteiger partial charge is 0.319 e. The first-order valence-electron chi connectivity index (χ1n) is 13.6. The molecular weight excluding hydrogens is 470 g/mol. The molecule has 0 bridgehead atoms. The summed E-state index contributed by atoms with van der Waals surface area (Å²) >= 11 is 0. The van der Waals surface area contributed by atoms with Crippen molar-refractivity contribution in [2.75, 3.05) is 18.5 Å². The molecule has 6 rings (SSSR count). The van der Waals surface area contributed by atoms with E-state index in [2.05, 4.69) is 22.8 Å². The van der Waals surface area contributed by atoms with Gasteiger partial charge in [0.15, 0.2) is 0 Å². The van der Waals surface area contributed by atoms with Crippen molar-refractivity contribution in [2.24, 2.45) is 0 Å². The highest BCUT2D eigenvalue weighted by Crippen LogP contribution is 2.47. The van der Waals surface area contributed by atoms with Gasteiger partial charge in [0.05, 0.1) is 19.1 Å². The molecule has 3 amide bonds. The van der Waals surface area contributed by atoms with Crippen molar-refractivity contribution < 1.29 is 24.2 Å². The molecule has 2 aromatic carbocycles. The number of urea groups is 1. The lowest BCUT2D eigenvalue weighted by molar-refractivity contribution is -0.149. The van der Waals surface area contributed by atoms with Crippen LogP contribution in [0.5, 0.6) is 5.75 Å². The summed E-state index contributed by atoms with van der Waals surface area (Å²) < 4.78 is 12.4. The van der Waals surface area contributed by atoms with E-state index in [1.54, 1.807) is 0 Å². The molecule has 8 nitrogen and oxygen atoms in total. The molecule has 3 N–H and O–H groups in total. The number of rotatable bonds is 5. The second-order valence-corrected chi connectivity index (χ2v) is 10.8. The van der Waals surface area contributed by atoms with Crippen molar-refractivity contribution in [1.29, 1.82) is 0 Å². The number of anilines is 1. The fourth-order valence-electron chi connectivity index (χ4n) is 6.42. The Morgan fingerprint density at radius 1 is 1.08 bits per heavy atom. The molecular formula is C29H35N3O5. The molecule has 0 aromatic heterocycles. The number of aliphatic hydroxyl groups excluding tert-OH is 1. The Morgan fingerprint density at radius 3 is 2.70 bits per heavy atom. The highest BCUT2D eigenvalue weighted by Gasteiger charge is 2.46. The standard InChI is InChI=1S/C29H35N3O5/c33-17-26-28-24(14-22(36-26)15-27(34)32-12-11-18-5-1-2-6-19(18)16-32)23-13-21(9-10-25(23)37-28)31-29(35)30-20-7-3-4-8-20/h1-2,5-6,9-10,13,20,22,24,26,28,33H,3-4,7-8,11-12,14-17H2,(H2,30,31,35)/t22-,24-,26-,28+/m1/s1. The van der Waals surface area contributed by atoms with Crippen LogP contribution < -0.4 is 15.4 Å². The zero-order valence-electron chi connectivity index (χ0n) is 21.0. The first-order chi connectivity index (χ1) is 18.1. The molecule has 3 heterocycles. The van der Waals surface area contributed by atoms with Gasteiger partial charge in [-0.1, -0.05) is 37.1 Å². The lowest BCUT2D eigenvalue weighted by Crippen LogP contribution is -2.48. The highest BCUT2D eigenvalue weighted by atomic mass is 16.6. The van der Waals surface area contributed by atoms with Crippen molar-refractivity contribution >= 4 is 17.6 Å². The van der Waals surface area contributed by atoms with E-state index in [0.29, 0.717) is 25.2 Å². The number of hydrogen-bond donors (Lipinski definition) is 3. The number of fused-ring (bicyclic) bond motifs is 4. The largest absolute Gasteiger partial charge is 0.487 e. The van der Waals surface area contributed by atoms with E-state index in [1.165, 1.54) is 11.1 Å². The Morgan fingerprint density at radius 2 is 1.89 bits per heavy atom. The third-order valence-corrected chi connectivity index (χ3v) is 8.33. The van der Waals surface area contributed by atoms with Crippen LogP contribution >= 0.6 is 0 Å². The number of carbonyl (C=O) groups excluding carboxylic acids is 2. The molecule has 1 saturated carbocycles. The molecule has 0 spiro atoms. The van der Waals surface area contributed by atoms with Crippen LogP contribution in [0.15, 0.2) is 42.5 Å². The second-order valence-electron chi connectivity index (χ2n) is 10.8. The van der Waals surface area contributed by atoms with Gasteiger partial charge in [0.1, 0.15) is 18.0 Å². The van der Waals surface area contributed by atoms with Crippen LogP contribution in [0.2, 0.25) is 0 Å². The van der Waals surface area contributed by atoms with Gasteiger partial charge in [-0.05, 0) is 55.0 Å². The van der Waals surface area contributed by atoms with Crippen LogP contribution in [0.1, 0.15) is 61.1 Å². The van der Waals surface area contributed by atoms with Gasteiger partial charge in [-0.15, -0.1) is 0 Å². The average molecular weight is 506 g/mol. The number of aliphatic hydroxyl groups is 1. The van der Waals surface area contributed by atoms with E-state index in [-0.39, 0.29) is 49.1 Å². The van der Waals surface area contributed by atoms with Crippen LogP contribution in [0.25, 0.3) is 0 Å². The third-order valence-electron chi connectivity index (χ3n) is 8.33. The van der Waals surface area contributed by atoms with Crippen LogP contribution in [0.4, 0.5) is 10.5 Å². The number of ether oxygens (including phenoxy) is 2. The molecule has 1 saturated heterocycles.